The Labute approximate surface area is 145 Å². The maximum absolute atomic E-state index is 6.04. The van der Waals surface area contributed by atoms with Crippen LogP contribution in [0.2, 0.25) is 0 Å². The third-order valence-electron chi connectivity index (χ3n) is 3.99. The molecule has 0 spiro atoms. The Morgan fingerprint density at radius 2 is 2.04 bits per heavy atom. The van der Waals surface area contributed by atoms with Gasteiger partial charge in [-0.25, -0.2) is 0 Å². The molecule has 2 N–H and O–H groups in total. The Hall–Kier alpha value is -1.75. The van der Waals surface area contributed by atoms with Crippen molar-refractivity contribution < 1.29 is 9.47 Å². The molecule has 1 aromatic carbocycles. The van der Waals surface area contributed by atoms with Crippen LogP contribution >= 0.6 is 0 Å². The number of hydrogen-bond donors (Lipinski definition) is 2. The molecule has 1 aliphatic heterocycles. The maximum Gasteiger partial charge on any atom is 0.191 e. The van der Waals surface area contributed by atoms with E-state index in [1.54, 1.807) is 7.05 Å². The van der Waals surface area contributed by atoms with Gasteiger partial charge >= 0.3 is 0 Å². The molecule has 0 aromatic heterocycles. The molecule has 0 saturated carbocycles. The lowest BCUT2D eigenvalue weighted by Crippen LogP contribution is -2.45. The monoisotopic (exact) mass is 333 g/mol. The second-order valence-electron chi connectivity index (χ2n) is 7.50. The Kier molecular flexibility index (Phi) is 6.10. The summed E-state index contributed by atoms with van der Waals surface area (Å²) in [5.74, 6) is 1.68. The number of ether oxygens (including phenoxy) is 2. The number of rotatable bonds is 5. The molecule has 1 saturated heterocycles. The Bertz CT molecular complexity index is 558. The fourth-order valence-corrected chi connectivity index (χ4v) is 2.73. The van der Waals surface area contributed by atoms with Gasteiger partial charge in [-0.15, -0.1) is 0 Å². The van der Waals surface area contributed by atoms with Crippen LogP contribution in [0.1, 0.15) is 46.1 Å². The molecule has 5 nitrogen and oxygen atoms in total. The van der Waals surface area contributed by atoms with E-state index < -0.39 is 0 Å². The number of nitrogens with zero attached hydrogens (tertiary/aromatic N) is 1. The molecule has 1 aromatic rings. The fourth-order valence-electron chi connectivity index (χ4n) is 2.73. The van der Waals surface area contributed by atoms with Gasteiger partial charge in [-0.2, -0.15) is 0 Å². The van der Waals surface area contributed by atoms with Crippen LogP contribution in [0.3, 0.4) is 0 Å². The first-order valence-electron chi connectivity index (χ1n) is 8.67. The summed E-state index contributed by atoms with van der Waals surface area (Å²) < 4.78 is 11.8. The van der Waals surface area contributed by atoms with Crippen molar-refractivity contribution in [3.05, 3.63) is 29.8 Å². The van der Waals surface area contributed by atoms with E-state index in [0.717, 1.165) is 43.3 Å². The highest BCUT2D eigenvalue weighted by atomic mass is 16.5. The first-order chi connectivity index (χ1) is 11.3. The van der Waals surface area contributed by atoms with E-state index in [1.165, 1.54) is 0 Å². The minimum atomic E-state index is -0.218. The highest BCUT2D eigenvalue weighted by Crippen LogP contribution is 2.24. The van der Waals surface area contributed by atoms with E-state index in [4.69, 9.17) is 9.47 Å². The van der Waals surface area contributed by atoms with Gasteiger partial charge < -0.3 is 20.1 Å². The van der Waals surface area contributed by atoms with E-state index >= 15 is 0 Å². The Balaban J connectivity index is 1.91. The summed E-state index contributed by atoms with van der Waals surface area (Å²) in [6.45, 7) is 10.6. The van der Waals surface area contributed by atoms with Gasteiger partial charge in [0.1, 0.15) is 11.4 Å². The van der Waals surface area contributed by atoms with Crippen molar-refractivity contribution >= 4 is 5.96 Å². The van der Waals surface area contributed by atoms with Crippen molar-refractivity contribution in [2.24, 2.45) is 4.99 Å². The van der Waals surface area contributed by atoms with Crippen LogP contribution in [0.25, 0.3) is 0 Å². The normalized spacial score (nSPS) is 21.6. The largest absolute Gasteiger partial charge is 0.488 e. The first-order valence-corrected chi connectivity index (χ1v) is 8.67. The topological polar surface area (TPSA) is 54.9 Å². The zero-order valence-corrected chi connectivity index (χ0v) is 15.6. The minimum Gasteiger partial charge on any atom is -0.488 e. The molecule has 24 heavy (non-hydrogen) atoms. The number of nitrogens with one attached hydrogen (secondary N) is 2. The van der Waals surface area contributed by atoms with Crippen molar-refractivity contribution in [2.45, 2.75) is 58.3 Å². The third-order valence-corrected chi connectivity index (χ3v) is 3.99. The number of aliphatic imine (C=N–C) groups is 1. The quantitative estimate of drug-likeness (QED) is 0.642. The predicted octanol–water partition coefficient (Wildman–Crippen LogP) is 3.10. The minimum absolute atomic E-state index is 0.0924. The average molecular weight is 333 g/mol. The van der Waals surface area contributed by atoms with Crippen LogP contribution < -0.4 is 15.4 Å². The molecule has 1 unspecified atom stereocenters. The van der Waals surface area contributed by atoms with Gasteiger partial charge in [-0.3, -0.25) is 4.99 Å². The van der Waals surface area contributed by atoms with Gasteiger partial charge in [0, 0.05) is 32.3 Å². The summed E-state index contributed by atoms with van der Waals surface area (Å²) in [5.41, 5.74) is 0.800. The van der Waals surface area contributed by atoms with Crippen LogP contribution in [-0.4, -0.2) is 37.4 Å². The number of para-hydroxylation sites is 1. The standard InChI is InChI=1S/C19H31N3O2/c1-18(2,3)24-16-10-7-6-9-15(16)13-21-17(20-5)22-14-19(4)11-8-12-23-19/h6-7,9-10H,8,11-14H2,1-5H3,(H2,20,21,22). The zero-order chi connectivity index (χ0) is 17.6. The molecule has 0 bridgehead atoms. The maximum atomic E-state index is 6.04. The van der Waals surface area contributed by atoms with Gasteiger partial charge in [0.2, 0.25) is 0 Å². The van der Waals surface area contributed by atoms with Gasteiger partial charge in [0.15, 0.2) is 5.96 Å². The molecule has 0 aliphatic carbocycles. The predicted molar refractivity (Wildman–Crippen MR) is 98.6 cm³/mol. The zero-order valence-electron chi connectivity index (χ0n) is 15.6. The first kappa shape index (κ1) is 18.6. The summed E-state index contributed by atoms with van der Waals surface area (Å²) >= 11 is 0. The van der Waals surface area contributed by atoms with Crippen molar-refractivity contribution in [1.82, 2.24) is 10.6 Å². The summed E-state index contributed by atoms with van der Waals surface area (Å²) in [6.07, 6.45) is 2.21. The molecule has 1 heterocycles. The van der Waals surface area contributed by atoms with Crippen molar-refractivity contribution in [3.63, 3.8) is 0 Å². The second kappa shape index (κ2) is 7.88. The highest BCUT2D eigenvalue weighted by molar-refractivity contribution is 5.79. The average Bonchev–Trinajstić information content (AvgIpc) is 2.94. The van der Waals surface area contributed by atoms with E-state index in [9.17, 15) is 0 Å². The lowest BCUT2D eigenvalue weighted by Gasteiger charge is -2.25. The summed E-state index contributed by atoms with van der Waals surface area (Å²) in [7, 11) is 1.78. The molecule has 5 heteroatoms. The smallest absolute Gasteiger partial charge is 0.191 e. The molecular weight excluding hydrogens is 302 g/mol. The van der Waals surface area contributed by atoms with Crippen LogP contribution in [-0.2, 0) is 11.3 Å². The van der Waals surface area contributed by atoms with Gasteiger partial charge in [0.25, 0.3) is 0 Å². The number of hydrogen-bond acceptors (Lipinski definition) is 3. The van der Waals surface area contributed by atoms with E-state index in [2.05, 4.69) is 49.4 Å². The van der Waals surface area contributed by atoms with Crippen LogP contribution in [0.5, 0.6) is 5.75 Å². The molecule has 0 radical (unpaired) electrons. The van der Waals surface area contributed by atoms with E-state index in [1.807, 2.05) is 18.2 Å². The number of guanidine groups is 1. The van der Waals surface area contributed by atoms with Gasteiger partial charge in [-0.05, 0) is 46.6 Å². The second-order valence-corrected chi connectivity index (χ2v) is 7.50. The molecule has 2 rings (SSSR count). The number of benzene rings is 1. The van der Waals surface area contributed by atoms with Crippen molar-refractivity contribution in [2.75, 3.05) is 20.2 Å². The van der Waals surface area contributed by atoms with Gasteiger partial charge in [-0.1, -0.05) is 18.2 Å². The van der Waals surface area contributed by atoms with Crippen LogP contribution in [0, 0.1) is 0 Å². The molecular formula is C19H31N3O2. The van der Waals surface area contributed by atoms with Gasteiger partial charge in [0.05, 0.1) is 5.60 Å². The Morgan fingerprint density at radius 1 is 1.29 bits per heavy atom. The van der Waals surface area contributed by atoms with Crippen molar-refractivity contribution in [1.29, 1.82) is 0 Å². The lowest BCUT2D eigenvalue weighted by atomic mass is 10.0. The SMILES string of the molecule is CN=C(NCc1ccccc1OC(C)(C)C)NCC1(C)CCCO1. The molecule has 1 fully saturated rings. The molecule has 1 aliphatic rings. The summed E-state index contributed by atoms with van der Waals surface area (Å²) in [5, 5.41) is 6.72. The molecule has 0 amide bonds. The highest BCUT2D eigenvalue weighted by Gasteiger charge is 2.29. The molecule has 1 atom stereocenters. The Morgan fingerprint density at radius 3 is 2.67 bits per heavy atom. The van der Waals surface area contributed by atoms with Crippen LogP contribution in [0.15, 0.2) is 29.3 Å². The fraction of sp³-hybridized carbons (Fsp3) is 0.632. The van der Waals surface area contributed by atoms with Crippen LogP contribution in [0.4, 0.5) is 0 Å². The lowest BCUT2D eigenvalue weighted by molar-refractivity contribution is 0.0242. The van der Waals surface area contributed by atoms with E-state index in [-0.39, 0.29) is 11.2 Å². The van der Waals surface area contributed by atoms with E-state index in [0.29, 0.717) is 6.54 Å². The summed E-state index contributed by atoms with van der Waals surface area (Å²) in [6, 6.07) is 8.10. The van der Waals surface area contributed by atoms with Crippen molar-refractivity contribution in [3.8, 4) is 5.75 Å². The third kappa shape index (κ3) is 5.71. The molecule has 134 valence electrons. The summed E-state index contributed by atoms with van der Waals surface area (Å²) in [4.78, 5) is 4.30.